The van der Waals surface area contributed by atoms with Crippen LogP contribution >= 0.6 is 0 Å². The molecular formula is C24H32NO4+. The molecule has 0 fully saturated rings. The third kappa shape index (κ3) is 8.08. The predicted octanol–water partition coefficient (Wildman–Crippen LogP) is 2.39. The van der Waals surface area contributed by atoms with Crippen LogP contribution in [0.5, 0.6) is 0 Å². The Bertz CT molecular complexity index is 670. The lowest BCUT2D eigenvalue weighted by atomic mass is 9.97. The summed E-state index contributed by atoms with van der Waals surface area (Å²) in [6.07, 6.45) is 1.25. The van der Waals surface area contributed by atoms with Crippen molar-refractivity contribution in [1.82, 2.24) is 0 Å². The lowest BCUT2D eigenvalue weighted by molar-refractivity contribution is -0.662. The molecule has 0 aliphatic carbocycles. The number of benzene rings is 2. The molecule has 2 atom stereocenters. The van der Waals surface area contributed by atoms with Gasteiger partial charge in [0, 0.05) is 0 Å². The average molecular weight is 399 g/mol. The molecule has 5 nitrogen and oxygen atoms in total. The van der Waals surface area contributed by atoms with Crippen molar-refractivity contribution in [2.75, 3.05) is 26.3 Å². The van der Waals surface area contributed by atoms with Crippen LogP contribution in [0.25, 0.3) is 0 Å². The van der Waals surface area contributed by atoms with E-state index in [0.29, 0.717) is 39.1 Å². The van der Waals surface area contributed by atoms with Gasteiger partial charge in [0.15, 0.2) is 0 Å². The zero-order valence-corrected chi connectivity index (χ0v) is 17.4. The van der Waals surface area contributed by atoms with Gasteiger partial charge >= 0.3 is 11.9 Å². The number of quaternary nitrogens is 1. The molecule has 2 aromatic carbocycles. The molecule has 5 heteroatoms. The summed E-state index contributed by atoms with van der Waals surface area (Å²) in [4.78, 5) is 24.8. The maximum Gasteiger partial charge on any atom is 0.315 e. The van der Waals surface area contributed by atoms with Gasteiger partial charge in [-0.15, -0.1) is 0 Å². The SMILES string of the molecule is CCOC(=O)[C@H](C[NH2+]C[C@H](Cc1ccccc1)C(=O)OCC)Cc1ccccc1. The Labute approximate surface area is 173 Å². The highest BCUT2D eigenvalue weighted by Gasteiger charge is 2.26. The smallest absolute Gasteiger partial charge is 0.315 e. The van der Waals surface area contributed by atoms with Crippen LogP contribution in [0.3, 0.4) is 0 Å². The summed E-state index contributed by atoms with van der Waals surface area (Å²) in [5, 5.41) is 2.04. The monoisotopic (exact) mass is 398 g/mol. The zero-order chi connectivity index (χ0) is 20.9. The van der Waals surface area contributed by atoms with Crippen LogP contribution in [0, 0.1) is 11.8 Å². The van der Waals surface area contributed by atoms with Crippen LogP contribution in [0.15, 0.2) is 60.7 Å². The summed E-state index contributed by atoms with van der Waals surface area (Å²) in [6.45, 7) is 5.50. The number of esters is 2. The molecule has 156 valence electrons. The summed E-state index contributed by atoms with van der Waals surface area (Å²) in [5.74, 6) is -0.888. The summed E-state index contributed by atoms with van der Waals surface area (Å²) < 4.78 is 10.5. The third-order valence-electron chi connectivity index (χ3n) is 4.79. The third-order valence-corrected chi connectivity index (χ3v) is 4.79. The second-order valence-electron chi connectivity index (χ2n) is 7.04. The number of carbonyl (C=O) groups excluding carboxylic acids is 2. The number of carbonyl (C=O) groups is 2. The molecule has 0 saturated heterocycles. The van der Waals surface area contributed by atoms with Crippen molar-refractivity contribution in [2.45, 2.75) is 26.7 Å². The Balaban J connectivity index is 1.98. The number of hydrogen-bond donors (Lipinski definition) is 1. The molecule has 0 aromatic heterocycles. The van der Waals surface area contributed by atoms with Crippen molar-refractivity contribution in [3.05, 3.63) is 71.8 Å². The van der Waals surface area contributed by atoms with Crippen LogP contribution in [0.4, 0.5) is 0 Å². The highest BCUT2D eigenvalue weighted by Crippen LogP contribution is 2.11. The molecule has 2 rings (SSSR count). The number of hydrogen-bond acceptors (Lipinski definition) is 4. The fourth-order valence-corrected chi connectivity index (χ4v) is 3.34. The van der Waals surface area contributed by atoms with Crippen LogP contribution in [-0.4, -0.2) is 38.2 Å². The highest BCUT2D eigenvalue weighted by atomic mass is 16.5. The van der Waals surface area contributed by atoms with E-state index in [1.165, 1.54) is 0 Å². The lowest BCUT2D eigenvalue weighted by Crippen LogP contribution is -2.87. The molecule has 0 bridgehead atoms. The van der Waals surface area contributed by atoms with Crippen LogP contribution in [0.1, 0.15) is 25.0 Å². The number of ether oxygens (including phenoxy) is 2. The Kier molecular flexibility index (Phi) is 9.93. The summed E-state index contributed by atoms with van der Waals surface area (Å²) >= 11 is 0. The van der Waals surface area contributed by atoms with E-state index >= 15 is 0 Å². The molecule has 0 radical (unpaired) electrons. The van der Waals surface area contributed by atoms with Gasteiger partial charge in [0.05, 0.1) is 26.3 Å². The van der Waals surface area contributed by atoms with E-state index in [9.17, 15) is 9.59 Å². The van der Waals surface area contributed by atoms with Gasteiger partial charge in [-0.2, -0.15) is 0 Å². The van der Waals surface area contributed by atoms with Crippen molar-refractivity contribution >= 4 is 11.9 Å². The van der Waals surface area contributed by atoms with E-state index in [0.717, 1.165) is 11.1 Å². The van der Waals surface area contributed by atoms with Crippen LogP contribution < -0.4 is 5.32 Å². The fraction of sp³-hybridized carbons (Fsp3) is 0.417. The number of nitrogens with two attached hydrogens (primary N) is 1. The molecule has 0 amide bonds. The van der Waals surface area contributed by atoms with E-state index in [4.69, 9.17) is 9.47 Å². The minimum absolute atomic E-state index is 0.191. The first-order valence-corrected chi connectivity index (χ1v) is 10.4. The second kappa shape index (κ2) is 12.7. The van der Waals surface area contributed by atoms with Crippen molar-refractivity contribution < 1.29 is 24.4 Å². The van der Waals surface area contributed by atoms with Gasteiger partial charge in [0.2, 0.25) is 0 Å². The summed E-state index contributed by atoms with van der Waals surface area (Å²) in [5.41, 5.74) is 2.20. The predicted molar refractivity (Wildman–Crippen MR) is 112 cm³/mol. The van der Waals surface area contributed by atoms with Crippen molar-refractivity contribution in [1.29, 1.82) is 0 Å². The van der Waals surface area contributed by atoms with Gasteiger partial charge in [0.1, 0.15) is 11.8 Å². The first kappa shape index (κ1) is 22.6. The second-order valence-corrected chi connectivity index (χ2v) is 7.04. The molecule has 29 heavy (non-hydrogen) atoms. The minimum atomic E-state index is -0.253. The van der Waals surface area contributed by atoms with Crippen molar-refractivity contribution in [2.24, 2.45) is 11.8 Å². The largest absolute Gasteiger partial charge is 0.466 e. The maximum atomic E-state index is 12.4. The summed E-state index contributed by atoms with van der Waals surface area (Å²) in [6, 6.07) is 19.9. The van der Waals surface area contributed by atoms with E-state index in [2.05, 4.69) is 0 Å². The molecule has 0 heterocycles. The molecule has 2 aromatic rings. The Hall–Kier alpha value is -2.66. The molecule has 2 N–H and O–H groups in total. The van der Waals surface area contributed by atoms with Gasteiger partial charge < -0.3 is 14.8 Å². The first-order valence-electron chi connectivity index (χ1n) is 10.4. The van der Waals surface area contributed by atoms with E-state index in [-0.39, 0.29) is 23.8 Å². The standard InChI is InChI=1S/C24H31NO4/c1-3-28-23(26)21(15-19-11-7-5-8-12-19)17-25-18-22(24(27)29-4-2)16-20-13-9-6-10-14-20/h5-14,21-22,25H,3-4,15-18H2,1-2H3/p+1/t21-,22-/m0/s1. The van der Waals surface area contributed by atoms with Gasteiger partial charge in [-0.25, -0.2) is 0 Å². The lowest BCUT2D eigenvalue weighted by Gasteiger charge is -2.18. The normalized spacial score (nSPS) is 12.8. The van der Waals surface area contributed by atoms with Gasteiger partial charge in [-0.1, -0.05) is 60.7 Å². The Morgan fingerprint density at radius 1 is 0.724 bits per heavy atom. The topological polar surface area (TPSA) is 69.2 Å². The van der Waals surface area contributed by atoms with Crippen molar-refractivity contribution in [3.63, 3.8) is 0 Å². The maximum absolute atomic E-state index is 12.4. The molecule has 0 saturated carbocycles. The molecular weight excluding hydrogens is 366 g/mol. The zero-order valence-electron chi connectivity index (χ0n) is 17.4. The quantitative estimate of drug-likeness (QED) is 0.558. The fourth-order valence-electron chi connectivity index (χ4n) is 3.34. The van der Waals surface area contributed by atoms with E-state index in [1.807, 2.05) is 79.8 Å². The van der Waals surface area contributed by atoms with Gasteiger partial charge in [0.25, 0.3) is 0 Å². The first-order chi connectivity index (χ1) is 14.1. The molecule has 0 unspecified atom stereocenters. The molecule has 0 spiro atoms. The molecule has 0 aliphatic rings. The van der Waals surface area contributed by atoms with Gasteiger partial charge in [-0.3, -0.25) is 9.59 Å². The van der Waals surface area contributed by atoms with Crippen LogP contribution in [0.2, 0.25) is 0 Å². The van der Waals surface area contributed by atoms with E-state index < -0.39 is 0 Å². The van der Waals surface area contributed by atoms with Gasteiger partial charge in [-0.05, 0) is 37.8 Å². The Morgan fingerprint density at radius 3 is 1.45 bits per heavy atom. The average Bonchev–Trinajstić information content (AvgIpc) is 2.74. The summed E-state index contributed by atoms with van der Waals surface area (Å²) in [7, 11) is 0. The van der Waals surface area contributed by atoms with Crippen LogP contribution in [-0.2, 0) is 31.9 Å². The van der Waals surface area contributed by atoms with E-state index in [1.54, 1.807) is 0 Å². The number of rotatable bonds is 12. The molecule has 0 aliphatic heterocycles. The highest BCUT2D eigenvalue weighted by molar-refractivity contribution is 5.73. The van der Waals surface area contributed by atoms with Crippen molar-refractivity contribution in [3.8, 4) is 0 Å². The minimum Gasteiger partial charge on any atom is -0.466 e. The Morgan fingerprint density at radius 2 is 1.10 bits per heavy atom.